The first-order chi connectivity index (χ1) is 8.32. The second-order valence-electron chi connectivity index (χ2n) is 4.91. The Hall–Kier alpha value is -1.34. The number of nitrogens with one attached hydrogen (secondary N) is 1. The maximum atomic E-state index is 11.9. The minimum absolute atomic E-state index is 0.00922. The second-order valence-corrected chi connectivity index (χ2v) is 6.61. The highest BCUT2D eigenvalue weighted by atomic mass is 32.2. The molecule has 0 radical (unpaired) electrons. The predicted molar refractivity (Wildman–Crippen MR) is 62.8 cm³/mol. The minimum Gasteiger partial charge on any atom is -0.475 e. The van der Waals surface area contributed by atoms with E-state index in [-0.39, 0.29) is 16.3 Å². The summed E-state index contributed by atoms with van der Waals surface area (Å²) in [6.07, 6.45) is 3.10. The molecule has 0 aliphatic heterocycles. The minimum atomic E-state index is -3.76. The molecule has 1 aromatic rings. The van der Waals surface area contributed by atoms with E-state index in [2.05, 4.69) is 4.72 Å². The van der Waals surface area contributed by atoms with Crippen LogP contribution in [0.5, 0.6) is 0 Å². The maximum Gasteiger partial charge on any atom is 0.371 e. The molecule has 1 aliphatic carbocycles. The Morgan fingerprint density at radius 2 is 2.17 bits per heavy atom. The topological polar surface area (TPSA) is 96.6 Å². The van der Waals surface area contributed by atoms with Crippen LogP contribution in [0.2, 0.25) is 0 Å². The van der Waals surface area contributed by atoms with E-state index in [1.54, 1.807) is 0 Å². The van der Waals surface area contributed by atoms with Crippen molar-refractivity contribution in [2.24, 2.45) is 5.41 Å². The number of carboxylic acid groups (broad SMARTS) is 1. The third-order valence-electron chi connectivity index (χ3n) is 3.31. The number of carboxylic acids is 1. The standard InChI is InChI=1S/C11H15NO5S/c1-11(5-2-6-11)7-12-18(15,16)9-4-3-8(17-9)10(13)14/h3-4,12H,2,5-7H2,1H3,(H,13,14). The SMILES string of the molecule is CC1(CNS(=O)(=O)c2ccc(C(=O)O)o2)CCC1. The highest BCUT2D eigenvalue weighted by Crippen LogP contribution is 2.39. The molecule has 7 heteroatoms. The van der Waals surface area contributed by atoms with Crippen LogP contribution in [0.15, 0.2) is 21.6 Å². The van der Waals surface area contributed by atoms with Gasteiger partial charge in [-0.05, 0) is 30.4 Å². The Labute approximate surface area is 105 Å². The molecule has 2 rings (SSSR count). The summed E-state index contributed by atoms with van der Waals surface area (Å²) in [6.45, 7) is 2.36. The number of rotatable bonds is 5. The van der Waals surface area contributed by atoms with Gasteiger partial charge in [0.25, 0.3) is 10.0 Å². The van der Waals surface area contributed by atoms with Gasteiger partial charge in [0.05, 0.1) is 0 Å². The Morgan fingerprint density at radius 3 is 2.61 bits per heavy atom. The molecule has 0 unspecified atom stereocenters. The predicted octanol–water partition coefficient (Wildman–Crippen LogP) is 1.45. The van der Waals surface area contributed by atoms with Crippen molar-refractivity contribution in [3.8, 4) is 0 Å². The Kier molecular flexibility index (Phi) is 3.20. The van der Waals surface area contributed by atoms with Gasteiger partial charge in [-0.3, -0.25) is 0 Å². The summed E-state index contributed by atoms with van der Waals surface area (Å²) in [4.78, 5) is 10.6. The largest absolute Gasteiger partial charge is 0.475 e. The summed E-state index contributed by atoms with van der Waals surface area (Å²) in [5.41, 5.74) is 0.00922. The van der Waals surface area contributed by atoms with Crippen molar-refractivity contribution in [2.45, 2.75) is 31.3 Å². The summed E-state index contributed by atoms with van der Waals surface area (Å²) in [5.74, 6) is -1.67. The van der Waals surface area contributed by atoms with Crippen LogP contribution in [-0.2, 0) is 10.0 Å². The van der Waals surface area contributed by atoms with Crippen LogP contribution in [0.25, 0.3) is 0 Å². The first-order valence-corrected chi connectivity index (χ1v) is 7.14. The summed E-state index contributed by atoms with van der Waals surface area (Å²) < 4.78 is 30.9. The number of aromatic carboxylic acids is 1. The smallest absolute Gasteiger partial charge is 0.371 e. The molecule has 0 atom stereocenters. The van der Waals surface area contributed by atoms with Gasteiger partial charge in [0.15, 0.2) is 0 Å². The summed E-state index contributed by atoms with van der Waals surface area (Å²) in [6, 6.07) is 2.27. The van der Waals surface area contributed by atoms with Gasteiger partial charge in [0.2, 0.25) is 10.9 Å². The van der Waals surface area contributed by atoms with Crippen LogP contribution in [0.3, 0.4) is 0 Å². The fraction of sp³-hybridized carbons (Fsp3) is 0.545. The molecule has 0 aromatic carbocycles. The van der Waals surface area contributed by atoms with Crippen LogP contribution < -0.4 is 4.72 Å². The van der Waals surface area contributed by atoms with E-state index < -0.39 is 16.0 Å². The molecule has 6 nitrogen and oxygen atoms in total. The van der Waals surface area contributed by atoms with Crippen molar-refractivity contribution in [2.75, 3.05) is 6.54 Å². The van der Waals surface area contributed by atoms with Gasteiger partial charge in [-0.1, -0.05) is 13.3 Å². The van der Waals surface area contributed by atoms with Crippen molar-refractivity contribution in [3.05, 3.63) is 17.9 Å². The summed E-state index contributed by atoms with van der Waals surface area (Å²) in [7, 11) is -3.76. The third kappa shape index (κ3) is 2.56. The number of hydrogen-bond acceptors (Lipinski definition) is 4. The summed E-state index contributed by atoms with van der Waals surface area (Å²) >= 11 is 0. The fourth-order valence-electron chi connectivity index (χ4n) is 1.88. The maximum absolute atomic E-state index is 11.9. The zero-order chi connectivity index (χ0) is 13.4. The molecule has 1 heterocycles. The Balaban J connectivity index is 2.07. The highest BCUT2D eigenvalue weighted by molar-refractivity contribution is 7.89. The van der Waals surface area contributed by atoms with Gasteiger partial charge in [-0.25, -0.2) is 17.9 Å². The van der Waals surface area contributed by atoms with Crippen molar-refractivity contribution in [1.29, 1.82) is 0 Å². The monoisotopic (exact) mass is 273 g/mol. The van der Waals surface area contributed by atoms with E-state index in [0.717, 1.165) is 31.4 Å². The van der Waals surface area contributed by atoms with E-state index in [0.29, 0.717) is 6.54 Å². The lowest BCUT2D eigenvalue weighted by atomic mass is 9.71. The van der Waals surface area contributed by atoms with Crippen LogP contribution in [0.4, 0.5) is 0 Å². The molecular formula is C11H15NO5S. The van der Waals surface area contributed by atoms with Gasteiger partial charge < -0.3 is 9.52 Å². The molecule has 1 saturated carbocycles. The van der Waals surface area contributed by atoms with E-state index in [9.17, 15) is 13.2 Å². The van der Waals surface area contributed by atoms with E-state index in [1.807, 2.05) is 6.92 Å². The molecule has 1 aromatic heterocycles. The molecule has 1 fully saturated rings. The van der Waals surface area contributed by atoms with Gasteiger partial charge >= 0.3 is 5.97 Å². The number of hydrogen-bond donors (Lipinski definition) is 2. The molecule has 0 bridgehead atoms. The van der Waals surface area contributed by atoms with E-state index >= 15 is 0 Å². The zero-order valence-corrected chi connectivity index (χ0v) is 10.8. The van der Waals surface area contributed by atoms with Crippen molar-refractivity contribution in [3.63, 3.8) is 0 Å². The van der Waals surface area contributed by atoms with Gasteiger partial charge in [0, 0.05) is 6.54 Å². The van der Waals surface area contributed by atoms with Gasteiger partial charge in [0.1, 0.15) is 0 Å². The van der Waals surface area contributed by atoms with Crippen molar-refractivity contribution in [1.82, 2.24) is 4.72 Å². The number of sulfonamides is 1. The van der Waals surface area contributed by atoms with Gasteiger partial charge in [-0.2, -0.15) is 0 Å². The molecule has 0 saturated heterocycles. The van der Waals surface area contributed by atoms with E-state index in [1.165, 1.54) is 0 Å². The lowest BCUT2D eigenvalue weighted by Crippen LogP contribution is -2.39. The molecule has 0 amide bonds. The third-order valence-corrected chi connectivity index (χ3v) is 4.58. The molecule has 1 aliphatic rings. The van der Waals surface area contributed by atoms with Crippen molar-refractivity contribution >= 4 is 16.0 Å². The lowest BCUT2D eigenvalue weighted by Gasteiger charge is -2.38. The average molecular weight is 273 g/mol. The first-order valence-electron chi connectivity index (χ1n) is 5.65. The fourth-order valence-corrected chi connectivity index (χ4v) is 3.00. The second kappa shape index (κ2) is 4.40. The Bertz CT molecular complexity index is 556. The number of furan rings is 1. The van der Waals surface area contributed by atoms with Crippen LogP contribution in [-0.4, -0.2) is 26.0 Å². The first kappa shape index (κ1) is 13.1. The van der Waals surface area contributed by atoms with Crippen molar-refractivity contribution < 1.29 is 22.7 Å². The Morgan fingerprint density at radius 1 is 1.50 bits per heavy atom. The normalized spacial score (nSPS) is 18.3. The summed E-state index contributed by atoms with van der Waals surface area (Å²) in [5, 5.41) is 8.30. The highest BCUT2D eigenvalue weighted by Gasteiger charge is 2.33. The molecule has 100 valence electrons. The quantitative estimate of drug-likeness (QED) is 0.846. The van der Waals surface area contributed by atoms with Crippen LogP contribution in [0.1, 0.15) is 36.7 Å². The molecule has 0 spiro atoms. The van der Waals surface area contributed by atoms with Crippen LogP contribution in [0, 0.1) is 5.41 Å². The lowest BCUT2D eigenvalue weighted by molar-refractivity contribution is 0.0656. The van der Waals surface area contributed by atoms with E-state index in [4.69, 9.17) is 9.52 Å². The van der Waals surface area contributed by atoms with Crippen LogP contribution >= 0.6 is 0 Å². The zero-order valence-electron chi connectivity index (χ0n) is 9.97. The molecular weight excluding hydrogens is 258 g/mol. The molecule has 2 N–H and O–H groups in total. The van der Waals surface area contributed by atoms with Gasteiger partial charge in [-0.15, -0.1) is 0 Å². The average Bonchev–Trinajstić information content (AvgIpc) is 2.73. The number of carbonyl (C=O) groups is 1. The molecule has 18 heavy (non-hydrogen) atoms.